The number of esters is 4. The predicted octanol–water partition coefficient (Wildman–Crippen LogP) is 4.11. The Hall–Kier alpha value is -5.34. The van der Waals surface area contributed by atoms with Crippen LogP contribution in [-0.4, -0.2) is 117 Å². The molecule has 1 aliphatic rings. The molecule has 20 heteroatoms. The smallest absolute Gasteiger partial charge is 0.303 e. The summed E-state index contributed by atoms with van der Waals surface area (Å²) in [5, 5.41) is 16.3. The normalized spacial score (nSPS) is 19.3. The van der Waals surface area contributed by atoms with E-state index >= 15 is 0 Å². The largest absolute Gasteiger partial charge is 0.494 e. The van der Waals surface area contributed by atoms with Gasteiger partial charge < -0.3 is 53.8 Å². The van der Waals surface area contributed by atoms with Crippen LogP contribution in [0.5, 0.6) is 5.75 Å². The Bertz CT molecular complexity index is 1790. The van der Waals surface area contributed by atoms with Gasteiger partial charge in [0, 0.05) is 59.2 Å². The van der Waals surface area contributed by atoms with E-state index in [0.29, 0.717) is 28.5 Å². The van der Waals surface area contributed by atoms with Crippen molar-refractivity contribution in [3.8, 4) is 5.75 Å². The topological polar surface area (TPSA) is 243 Å². The summed E-state index contributed by atoms with van der Waals surface area (Å²) in [6, 6.07) is 3.49. The van der Waals surface area contributed by atoms with E-state index in [1.165, 1.54) is 13.8 Å². The second-order valence-corrected chi connectivity index (χ2v) is 14.2. The number of azo groups is 1. The standard InChI is InChI=1S/C38H57N7O13/c1-12-44(13-2)28-18-26(40-21(3)46)27(19-29(28)51-11)41-42-36-31(39)35(38(8,9)10)45(43-36)14-15-52-16-17-53-37-34(57-25(7)50)33(56-24(6)49)32(55-23(5)48)30(58-37)20-54-22(4)47/h18-19,30,32-34,37H,12-17,20,39H2,1-11H3,(H,40,46)/b42-41+. The van der Waals surface area contributed by atoms with Crippen molar-refractivity contribution in [1.29, 1.82) is 0 Å². The van der Waals surface area contributed by atoms with Gasteiger partial charge in [0.1, 0.15) is 29.8 Å². The Morgan fingerprint density at radius 1 is 0.879 bits per heavy atom. The summed E-state index contributed by atoms with van der Waals surface area (Å²) in [7, 11) is 1.56. The Balaban J connectivity index is 1.79. The summed E-state index contributed by atoms with van der Waals surface area (Å²) in [5.74, 6) is -2.45. The summed E-state index contributed by atoms with van der Waals surface area (Å²) in [4.78, 5) is 62.0. The SMILES string of the molecule is CCN(CC)c1cc(NC(C)=O)c(/N=N/c2nn(CCOCCOC3OC(COC(C)=O)C(OC(C)=O)C(OC(C)=O)C3OC(C)=O)c(C(C)(C)C)c2N)cc1OC. The van der Waals surface area contributed by atoms with Crippen LogP contribution >= 0.6 is 0 Å². The molecule has 0 bridgehead atoms. The number of nitrogen functional groups attached to an aromatic ring is 1. The van der Waals surface area contributed by atoms with Crippen molar-refractivity contribution in [1.82, 2.24) is 9.78 Å². The summed E-state index contributed by atoms with van der Waals surface area (Å²) < 4.78 is 46.4. The Morgan fingerprint density at radius 2 is 1.50 bits per heavy atom. The number of carbonyl (C=O) groups excluding carboxylic acids is 5. The monoisotopic (exact) mass is 819 g/mol. The number of benzene rings is 1. The molecule has 1 aliphatic heterocycles. The van der Waals surface area contributed by atoms with Crippen LogP contribution in [0.4, 0.5) is 28.6 Å². The first-order chi connectivity index (χ1) is 27.3. The van der Waals surface area contributed by atoms with Crippen molar-refractivity contribution in [2.45, 2.75) is 112 Å². The quantitative estimate of drug-likeness (QED) is 0.0877. The lowest BCUT2D eigenvalue weighted by molar-refractivity contribution is -0.309. The molecule has 20 nitrogen and oxygen atoms in total. The second-order valence-electron chi connectivity index (χ2n) is 14.2. The Labute approximate surface area is 337 Å². The van der Waals surface area contributed by atoms with E-state index in [4.69, 9.17) is 43.6 Å². The third kappa shape index (κ3) is 13.1. The summed E-state index contributed by atoms with van der Waals surface area (Å²) >= 11 is 0. The number of ether oxygens (including phenoxy) is 8. The van der Waals surface area contributed by atoms with Gasteiger partial charge in [0.05, 0.1) is 50.5 Å². The molecule has 0 radical (unpaired) electrons. The van der Waals surface area contributed by atoms with Crippen LogP contribution in [-0.2, 0) is 69.1 Å². The van der Waals surface area contributed by atoms with Crippen LogP contribution in [0.2, 0.25) is 0 Å². The maximum atomic E-state index is 12.1. The van der Waals surface area contributed by atoms with E-state index in [0.717, 1.165) is 39.5 Å². The van der Waals surface area contributed by atoms with E-state index < -0.39 is 60.0 Å². The minimum Gasteiger partial charge on any atom is -0.494 e. The third-order valence-electron chi connectivity index (χ3n) is 8.55. The highest BCUT2D eigenvalue weighted by Crippen LogP contribution is 2.41. The van der Waals surface area contributed by atoms with Crippen molar-refractivity contribution in [2.75, 3.05) is 62.6 Å². The summed E-state index contributed by atoms with van der Waals surface area (Å²) in [6.45, 7) is 17.4. The maximum Gasteiger partial charge on any atom is 0.303 e. The van der Waals surface area contributed by atoms with E-state index in [9.17, 15) is 24.0 Å². The molecule has 2 heterocycles. The van der Waals surface area contributed by atoms with Crippen molar-refractivity contribution >= 4 is 58.4 Å². The molecule has 1 aromatic carbocycles. The molecule has 1 fully saturated rings. The molecule has 5 unspecified atom stereocenters. The first-order valence-electron chi connectivity index (χ1n) is 18.8. The number of hydrogen-bond acceptors (Lipinski definition) is 18. The molecule has 58 heavy (non-hydrogen) atoms. The molecule has 1 saturated heterocycles. The predicted molar refractivity (Wildman–Crippen MR) is 209 cm³/mol. The maximum absolute atomic E-state index is 12.1. The number of aromatic nitrogens is 2. The van der Waals surface area contributed by atoms with Crippen LogP contribution in [0.1, 0.15) is 74.9 Å². The minimum absolute atomic E-state index is 0.0261. The van der Waals surface area contributed by atoms with Crippen molar-refractivity contribution in [2.24, 2.45) is 10.2 Å². The average molecular weight is 820 g/mol. The number of nitrogens with zero attached hydrogens (tertiary/aromatic N) is 5. The minimum atomic E-state index is -1.36. The van der Waals surface area contributed by atoms with Crippen molar-refractivity contribution in [3.63, 3.8) is 0 Å². The van der Waals surface area contributed by atoms with Crippen LogP contribution in [0.25, 0.3) is 0 Å². The number of nitrogens with two attached hydrogens (primary N) is 1. The highest BCUT2D eigenvalue weighted by atomic mass is 16.7. The lowest BCUT2D eigenvalue weighted by atomic mass is 9.91. The second kappa shape index (κ2) is 21.4. The van der Waals surface area contributed by atoms with Crippen LogP contribution in [0, 0.1) is 0 Å². The lowest BCUT2D eigenvalue weighted by Crippen LogP contribution is -2.63. The average Bonchev–Trinajstić information content (AvgIpc) is 3.45. The number of rotatable bonds is 19. The molecule has 0 spiro atoms. The van der Waals surface area contributed by atoms with Gasteiger partial charge in [-0.15, -0.1) is 15.3 Å². The highest BCUT2D eigenvalue weighted by molar-refractivity contribution is 5.94. The first kappa shape index (κ1) is 47.0. The van der Waals surface area contributed by atoms with E-state index in [-0.39, 0.29) is 44.7 Å². The van der Waals surface area contributed by atoms with Gasteiger partial charge in [0.2, 0.25) is 11.7 Å². The molecule has 0 aliphatic carbocycles. The Kier molecular flexibility index (Phi) is 17.4. The van der Waals surface area contributed by atoms with Gasteiger partial charge in [-0.25, -0.2) is 0 Å². The van der Waals surface area contributed by atoms with Gasteiger partial charge in [-0.05, 0) is 19.9 Å². The molecule has 2 aromatic rings. The number of amides is 1. The number of methoxy groups -OCH3 is 1. The third-order valence-corrected chi connectivity index (χ3v) is 8.55. The molecule has 1 aromatic heterocycles. The zero-order chi connectivity index (χ0) is 43.3. The fraction of sp³-hybridized carbons (Fsp3) is 0.632. The number of nitrogens with one attached hydrogen (secondary N) is 1. The number of hydrogen-bond donors (Lipinski definition) is 2. The van der Waals surface area contributed by atoms with E-state index in [1.54, 1.807) is 23.9 Å². The fourth-order valence-corrected chi connectivity index (χ4v) is 6.30. The summed E-state index contributed by atoms with van der Waals surface area (Å²) in [6.07, 6.45) is -6.50. The van der Waals surface area contributed by atoms with Gasteiger partial charge in [-0.1, -0.05) is 20.8 Å². The lowest BCUT2D eigenvalue weighted by Gasteiger charge is -2.44. The van der Waals surface area contributed by atoms with Crippen molar-refractivity contribution in [3.05, 3.63) is 17.8 Å². The highest BCUT2D eigenvalue weighted by Gasteiger charge is 2.52. The molecule has 0 saturated carbocycles. The van der Waals surface area contributed by atoms with E-state index in [2.05, 4.69) is 25.5 Å². The van der Waals surface area contributed by atoms with Gasteiger partial charge in [-0.2, -0.15) is 0 Å². The van der Waals surface area contributed by atoms with Gasteiger partial charge in [0.15, 0.2) is 24.6 Å². The molecule has 3 rings (SSSR count). The first-order valence-corrected chi connectivity index (χ1v) is 18.8. The zero-order valence-electron chi connectivity index (χ0n) is 35.1. The summed E-state index contributed by atoms with van der Waals surface area (Å²) in [5.41, 5.74) is 8.72. The van der Waals surface area contributed by atoms with Crippen LogP contribution in [0.3, 0.4) is 0 Å². The van der Waals surface area contributed by atoms with Gasteiger partial charge in [-0.3, -0.25) is 28.7 Å². The zero-order valence-corrected chi connectivity index (χ0v) is 35.1. The molecule has 3 N–H and O–H groups in total. The van der Waals surface area contributed by atoms with E-state index in [1.807, 2.05) is 34.6 Å². The molecule has 1 amide bonds. The van der Waals surface area contributed by atoms with Crippen LogP contribution in [0.15, 0.2) is 22.4 Å². The molecular formula is C38H57N7O13. The van der Waals surface area contributed by atoms with Crippen LogP contribution < -0.4 is 20.7 Å². The van der Waals surface area contributed by atoms with Crippen molar-refractivity contribution < 1.29 is 61.9 Å². The van der Waals surface area contributed by atoms with Gasteiger partial charge in [0.25, 0.3) is 0 Å². The number of carbonyl (C=O) groups is 5. The molecule has 5 atom stereocenters. The number of anilines is 3. The Morgan fingerprint density at radius 3 is 2.05 bits per heavy atom. The molecular weight excluding hydrogens is 762 g/mol. The van der Waals surface area contributed by atoms with Gasteiger partial charge >= 0.3 is 23.9 Å². The fourth-order valence-electron chi connectivity index (χ4n) is 6.30. The molecule has 322 valence electrons.